The molecule has 1 heterocycles. The third kappa shape index (κ3) is 4.68. The SMILES string of the molecule is CCCOCCCNC(=O)c1ccncc1NN. The number of nitrogens with zero attached hydrogens (tertiary/aromatic N) is 1. The van der Waals surface area contributed by atoms with Crippen molar-refractivity contribution in [2.75, 3.05) is 25.2 Å². The molecule has 0 unspecified atom stereocenters. The predicted octanol–water partition coefficient (Wildman–Crippen LogP) is 0.914. The summed E-state index contributed by atoms with van der Waals surface area (Å²) < 4.78 is 5.32. The van der Waals surface area contributed by atoms with Gasteiger partial charge in [0.05, 0.1) is 17.4 Å². The van der Waals surface area contributed by atoms with Crippen molar-refractivity contribution in [1.29, 1.82) is 0 Å². The van der Waals surface area contributed by atoms with Crippen LogP contribution in [0.25, 0.3) is 0 Å². The number of nitrogen functional groups attached to an aromatic ring is 1. The molecule has 0 fully saturated rings. The van der Waals surface area contributed by atoms with Crippen LogP contribution in [0.5, 0.6) is 0 Å². The standard InChI is InChI=1S/C12H20N4O2/c1-2-7-18-8-3-5-15-12(17)10-4-6-14-9-11(10)16-13/h4,6,9,16H,2-3,5,7-8,13H2,1H3,(H,15,17). The Labute approximate surface area is 107 Å². The number of ether oxygens (including phenoxy) is 1. The van der Waals surface area contributed by atoms with Gasteiger partial charge < -0.3 is 15.5 Å². The first-order valence-corrected chi connectivity index (χ1v) is 6.06. The van der Waals surface area contributed by atoms with E-state index in [-0.39, 0.29) is 5.91 Å². The second-order valence-corrected chi connectivity index (χ2v) is 3.79. The summed E-state index contributed by atoms with van der Waals surface area (Å²) in [5, 5.41) is 2.81. The van der Waals surface area contributed by atoms with E-state index in [1.807, 2.05) is 0 Å². The van der Waals surface area contributed by atoms with Crippen LogP contribution in [0.2, 0.25) is 0 Å². The van der Waals surface area contributed by atoms with Crippen molar-refractivity contribution in [2.45, 2.75) is 19.8 Å². The third-order valence-electron chi connectivity index (χ3n) is 2.32. The molecule has 1 aromatic rings. The molecule has 6 nitrogen and oxygen atoms in total. The van der Waals surface area contributed by atoms with E-state index in [1.165, 1.54) is 6.20 Å². The topological polar surface area (TPSA) is 89.3 Å². The predicted molar refractivity (Wildman–Crippen MR) is 70.1 cm³/mol. The average Bonchev–Trinajstić information content (AvgIpc) is 2.42. The minimum Gasteiger partial charge on any atom is -0.381 e. The zero-order chi connectivity index (χ0) is 13.2. The fraction of sp³-hybridized carbons (Fsp3) is 0.500. The molecule has 100 valence electrons. The third-order valence-corrected chi connectivity index (χ3v) is 2.32. The zero-order valence-electron chi connectivity index (χ0n) is 10.6. The highest BCUT2D eigenvalue weighted by Crippen LogP contribution is 2.11. The van der Waals surface area contributed by atoms with Gasteiger partial charge in [0.25, 0.3) is 5.91 Å². The van der Waals surface area contributed by atoms with Crippen LogP contribution in [0.4, 0.5) is 5.69 Å². The van der Waals surface area contributed by atoms with Gasteiger partial charge in [0.1, 0.15) is 0 Å². The summed E-state index contributed by atoms with van der Waals surface area (Å²) in [5.41, 5.74) is 3.45. The largest absolute Gasteiger partial charge is 0.381 e. The van der Waals surface area contributed by atoms with E-state index in [1.54, 1.807) is 12.3 Å². The lowest BCUT2D eigenvalue weighted by atomic mass is 10.2. The van der Waals surface area contributed by atoms with E-state index < -0.39 is 0 Å². The highest BCUT2D eigenvalue weighted by Gasteiger charge is 2.09. The number of anilines is 1. The Bertz CT molecular complexity index is 371. The number of hydrazine groups is 1. The molecular formula is C12H20N4O2. The van der Waals surface area contributed by atoms with Gasteiger partial charge in [0, 0.05) is 26.0 Å². The molecule has 1 amide bonds. The van der Waals surface area contributed by atoms with Crippen LogP contribution >= 0.6 is 0 Å². The Morgan fingerprint density at radius 3 is 3.06 bits per heavy atom. The molecule has 6 heteroatoms. The summed E-state index contributed by atoms with van der Waals surface area (Å²) in [4.78, 5) is 15.7. The summed E-state index contributed by atoms with van der Waals surface area (Å²) in [6.45, 7) is 4.06. The van der Waals surface area contributed by atoms with Gasteiger partial charge in [-0.05, 0) is 18.9 Å². The first-order valence-electron chi connectivity index (χ1n) is 6.06. The fourth-order valence-electron chi connectivity index (χ4n) is 1.43. The van der Waals surface area contributed by atoms with Gasteiger partial charge >= 0.3 is 0 Å². The Balaban J connectivity index is 2.32. The molecule has 18 heavy (non-hydrogen) atoms. The van der Waals surface area contributed by atoms with Crippen LogP contribution in [0.1, 0.15) is 30.1 Å². The van der Waals surface area contributed by atoms with Gasteiger partial charge in [-0.15, -0.1) is 0 Å². The fourth-order valence-corrected chi connectivity index (χ4v) is 1.43. The lowest BCUT2D eigenvalue weighted by molar-refractivity contribution is 0.0942. The summed E-state index contributed by atoms with van der Waals surface area (Å²) >= 11 is 0. The Hall–Kier alpha value is -1.66. The molecule has 0 aliphatic heterocycles. The van der Waals surface area contributed by atoms with Crippen molar-refractivity contribution in [1.82, 2.24) is 10.3 Å². The van der Waals surface area contributed by atoms with Gasteiger partial charge in [0.2, 0.25) is 0 Å². The van der Waals surface area contributed by atoms with Crippen molar-refractivity contribution in [3.05, 3.63) is 24.0 Å². The van der Waals surface area contributed by atoms with Crippen LogP contribution in [-0.4, -0.2) is 30.6 Å². The average molecular weight is 252 g/mol. The number of nitrogens with one attached hydrogen (secondary N) is 2. The number of hydrogen-bond donors (Lipinski definition) is 3. The zero-order valence-corrected chi connectivity index (χ0v) is 10.6. The second kappa shape index (κ2) is 8.43. The Morgan fingerprint density at radius 1 is 1.50 bits per heavy atom. The van der Waals surface area contributed by atoms with Crippen LogP contribution in [0, 0.1) is 0 Å². The van der Waals surface area contributed by atoms with E-state index in [2.05, 4.69) is 22.7 Å². The summed E-state index contributed by atoms with van der Waals surface area (Å²) in [5.74, 6) is 5.14. The van der Waals surface area contributed by atoms with E-state index in [0.717, 1.165) is 19.4 Å². The number of hydrogen-bond acceptors (Lipinski definition) is 5. The summed E-state index contributed by atoms with van der Waals surface area (Å²) in [6.07, 6.45) is 4.87. The number of carbonyl (C=O) groups excluding carboxylic acids is 1. The number of carbonyl (C=O) groups is 1. The van der Waals surface area contributed by atoms with Crippen LogP contribution < -0.4 is 16.6 Å². The molecule has 1 aromatic heterocycles. The first kappa shape index (κ1) is 14.4. The molecule has 0 spiro atoms. The molecule has 1 rings (SSSR count). The number of aromatic nitrogens is 1. The molecule has 0 bridgehead atoms. The smallest absolute Gasteiger partial charge is 0.253 e. The molecule has 0 radical (unpaired) electrons. The quantitative estimate of drug-likeness (QED) is 0.363. The Morgan fingerprint density at radius 2 is 2.33 bits per heavy atom. The maximum absolute atomic E-state index is 11.8. The highest BCUT2D eigenvalue weighted by atomic mass is 16.5. The minimum atomic E-state index is -0.166. The van der Waals surface area contributed by atoms with Gasteiger partial charge in [-0.2, -0.15) is 0 Å². The molecule has 0 aromatic carbocycles. The molecule has 0 saturated heterocycles. The molecule has 0 saturated carbocycles. The first-order chi connectivity index (χ1) is 8.79. The number of nitrogens with two attached hydrogens (primary N) is 1. The van der Waals surface area contributed by atoms with Crippen molar-refractivity contribution < 1.29 is 9.53 Å². The highest BCUT2D eigenvalue weighted by molar-refractivity contribution is 5.99. The summed E-state index contributed by atoms with van der Waals surface area (Å²) in [6, 6.07) is 1.62. The maximum atomic E-state index is 11.8. The van der Waals surface area contributed by atoms with E-state index in [0.29, 0.717) is 24.4 Å². The molecular weight excluding hydrogens is 232 g/mol. The van der Waals surface area contributed by atoms with Gasteiger partial charge in [0.15, 0.2) is 0 Å². The van der Waals surface area contributed by atoms with Crippen molar-refractivity contribution in [2.24, 2.45) is 5.84 Å². The van der Waals surface area contributed by atoms with E-state index >= 15 is 0 Å². The normalized spacial score (nSPS) is 10.1. The van der Waals surface area contributed by atoms with Crippen LogP contribution in [0.15, 0.2) is 18.5 Å². The molecule has 0 aliphatic carbocycles. The number of rotatable bonds is 8. The van der Waals surface area contributed by atoms with Crippen molar-refractivity contribution in [3.8, 4) is 0 Å². The maximum Gasteiger partial charge on any atom is 0.253 e. The number of amides is 1. The van der Waals surface area contributed by atoms with Gasteiger partial charge in [-0.25, -0.2) is 0 Å². The van der Waals surface area contributed by atoms with Crippen molar-refractivity contribution in [3.63, 3.8) is 0 Å². The van der Waals surface area contributed by atoms with E-state index in [9.17, 15) is 4.79 Å². The number of pyridine rings is 1. The van der Waals surface area contributed by atoms with Crippen LogP contribution in [0.3, 0.4) is 0 Å². The second-order valence-electron chi connectivity index (χ2n) is 3.79. The lowest BCUT2D eigenvalue weighted by Gasteiger charge is -2.09. The Kier molecular flexibility index (Phi) is 6.75. The van der Waals surface area contributed by atoms with E-state index in [4.69, 9.17) is 10.6 Å². The van der Waals surface area contributed by atoms with Gasteiger partial charge in [-0.1, -0.05) is 6.92 Å². The molecule has 0 aliphatic rings. The molecule has 0 atom stereocenters. The molecule has 4 N–H and O–H groups in total. The van der Waals surface area contributed by atoms with Crippen molar-refractivity contribution >= 4 is 11.6 Å². The minimum absolute atomic E-state index is 0.166. The monoisotopic (exact) mass is 252 g/mol. The van der Waals surface area contributed by atoms with Crippen LogP contribution in [-0.2, 0) is 4.74 Å². The lowest BCUT2D eigenvalue weighted by Crippen LogP contribution is -2.27. The summed E-state index contributed by atoms with van der Waals surface area (Å²) in [7, 11) is 0. The van der Waals surface area contributed by atoms with Gasteiger partial charge in [-0.3, -0.25) is 15.6 Å².